The summed E-state index contributed by atoms with van der Waals surface area (Å²) < 4.78 is 22.7. The second kappa shape index (κ2) is 9.26. The Labute approximate surface area is 207 Å². The predicted octanol–water partition coefficient (Wildman–Crippen LogP) is 4.82. The summed E-state index contributed by atoms with van der Waals surface area (Å²) in [5, 5.41) is 3.20. The van der Waals surface area contributed by atoms with Crippen molar-refractivity contribution < 1.29 is 23.7 Å². The number of alkyl carbamates (subject to hydrolysis) is 1. The molecule has 4 aliphatic rings. The van der Waals surface area contributed by atoms with Crippen LogP contribution in [0.1, 0.15) is 43.9 Å². The van der Waals surface area contributed by atoms with Crippen LogP contribution in [0, 0.1) is 11.3 Å². The van der Waals surface area contributed by atoms with Crippen molar-refractivity contribution in [3.63, 3.8) is 0 Å². The van der Waals surface area contributed by atoms with E-state index in [2.05, 4.69) is 36.2 Å². The molecule has 2 bridgehead atoms. The first-order valence-electron chi connectivity index (χ1n) is 12.4. The van der Waals surface area contributed by atoms with Gasteiger partial charge in [-0.25, -0.2) is 4.79 Å². The lowest BCUT2D eigenvalue weighted by Gasteiger charge is -2.44. The number of piperidine rings is 3. The summed E-state index contributed by atoms with van der Waals surface area (Å²) in [5.41, 5.74) is 4.04. The number of benzene rings is 2. The van der Waals surface area contributed by atoms with Crippen molar-refractivity contribution in [3.05, 3.63) is 41.5 Å². The molecule has 6 rings (SSSR count). The van der Waals surface area contributed by atoms with Crippen LogP contribution in [0.2, 0.25) is 0 Å². The van der Waals surface area contributed by atoms with E-state index in [0.717, 1.165) is 72.8 Å². The van der Waals surface area contributed by atoms with Crippen LogP contribution in [0.25, 0.3) is 11.1 Å². The maximum Gasteiger partial charge on any atom is 0.407 e. The summed E-state index contributed by atoms with van der Waals surface area (Å²) in [7, 11) is 4.96. The molecular formula is C28H36N2O5. The van der Waals surface area contributed by atoms with E-state index in [-0.39, 0.29) is 23.7 Å². The molecule has 2 aromatic rings. The Kier molecular flexibility index (Phi) is 6.30. The van der Waals surface area contributed by atoms with Gasteiger partial charge in [-0.3, -0.25) is 4.90 Å². The summed E-state index contributed by atoms with van der Waals surface area (Å²) >= 11 is 0. The molecule has 3 fully saturated rings. The van der Waals surface area contributed by atoms with Crippen LogP contribution >= 0.6 is 0 Å². The van der Waals surface area contributed by atoms with Gasteiger partial charge in [0.25, 0.3) is 0 Å². The Bertz CT molecular complexity index is 1080. The number of carbonyl (C=O) groups excluding carboxylic acids is 1. The van der Waals surface area contributed by atoms with Gasteiger partial charge in [0.2, 0.25) is 0 Å². The zero-order valence-corrected chi connectivity index (χ0v) is 21.3. The van der Waals surface area contributed by atoms with Crippen LogP contribution in [0.3, 0.4) is 0 Å². The van der Waals surface area contributed by atoms with Crippen LogP contribution in [-0.2, 0) is 11.2 Å². The Hall–Kier alpha value is -2.93. The topological polar surface area (TPSA) is 69.3 Å². The van der Waals surface area contributed by atoms with E-state index in [1.54, 1.807) is 21.3 Å². The van der Waals surface area contributed by atoms with Gasteiger partial charge in [0, 0.05) is 18.2 Å². The van der Waals surface area contributed by atoms with E-state index in [9.17, 15) is 4.79 Å². The number of carbonyl (C=O) groups is 1. The molecule has 188 valence electrons. The third kappa shape index (κ3) is 4.54. The van der Waals surface area contributed by atoms with E-state index < -0.39 is 0 Å². The van der Waals surface area contributed by atoms with Gasteiger partial charge in [-0.2, -0.15) is 0 Å². The summed E-state index contributed by atoms with van der Waals surface area (Å²) in [6.07, 6.45) is 2.73. The number of hydrogen-bond acceptors (Lipinski definition) is 6. The predicted molar refractivity (Wildman–Crippen MR) is 134 cm³/mol. The van der Waals surface area contributed by atoms with Gasteiger partial charge in [-0.1, -0.05) is 13.8 Å². The molecule has 7 heteroatoms. The van der Waals surface area contributed by atoms with Crippen LogP contribution in [0.15, 0.2) is 30.3 Å². The number of hydrogen-bond donors (Lipinski definition) is 1. The van der Waals surface area contributed by atoms with E-state index in [1.807, 2.05) is 18.2 Å². The first-order valence-corrected chi connectivity index (χ1v) is 12.4. The molecule has 0 aromatic heterocycles. The van der Waals surface area contributed by atoms with Crippen LogP contribution in [0.5, 0.6) is 17.2 Å². The summed E-state index contributed by atoms with van der Waals surface area (Å²) in [4.78, 5) is 15.4. The van der Waals surface area contributed by atoms with Crippen molar-refractivity contribution in [1.82, 2.24) is 10.2 Å². The molecule has 3 aliphatic heterocycles. The molecule has 0 spiro atoms. The SMILES string of the molecule is COc1cc(OC)cc(-c2cc3c(cc2OC)C(NC(=O)O[C@@H]2CN4CCC2CC4)C(C)(C)C3)c1. The zero-order chi connectivity index (χ0) is 24.7. The van der Waals surface area contributed by atoms with Gasteiger partial charge < -0.3 is 24.3 Å². The second-order valence-electron chi connectivity index (χ2n) is 10.7. The number of nitrogens with one attached hydrogen (secondary N) is 1. The first kappa shape index (κ1) is 23.8. The largest absolute Gasteiger partial charge is 0.497 e. The molecule has 3 saturated heterocycles. The molecule has 35 heavy (non-hydrogen) atoms. The van der Waals surface area contributed by atoms with Crippen molar-refractivity contribution in [1.29, 1.82) is 0 Å². The zero-order valence-electron chi connectivity index (χ0n) is 21.3. The summed E-state index contributed by atoms with van der Waals surface area (Å²) in [6, 6.07) is 9.89. The van der Waals surface area contributed by atoms with E-state index in [0.29, 0.717) is 5.92 Å². The van der Waals surface area contributed by atoms with Gasteiger partial charge in [0.05, 0.1) is 27.4 Å². The van der Waals surface area contributed by atoms with E-state index in [4.69, 9.17) is 18.9 Å². The third-order valence-corrected chi connectivity index (χ3v) is 7.98. The fourth-order valence-electron chi connectivity index (χ4n) is 6.04. The molecule has 1 N–H and O–H groups in total. The van der Waals surface area contributed by atoms with Crippen LogP contribution in [-0.4, -0.2) is 58.1 Å². The highest BCUT2D eigenvalue weighted by atomic mass is 16.6. The quantitative estimate of drug-likeness (QED) is 0.639. The van der Waals surface area contributed by atoms with Gasteiger partial charge in [0.1, 0.15) is 23.4 Å². The lowest BCUT2D eigenvalue weighted by molar-refractivity contribution is -0.0349. The van der Waals surface area contributed by atoms with Gasteiger partial charge in [-0.05, 0) is 84.6 Å². The minimum absolute atomic E-state index is 0.0126. The molecule has 1 unspecified atom stereocenters. The maximum absolute atomic E-state index is 13.0. The third-order valence-electron chi connectivity index (χ3n) is 7.98. The van der Waals surface area contributed by atoms with Crippen molar-refractivity contribution in [2.24, 2.45) is 11.3 Å². The van der Waals surface area contributed by atoms with Crippen molar-refractivity contribution in [2.45, 2.75) is 45.3 Å². The Balaban J connectivity index is 1.42. The second-order valence-corrected chi connectivity index (χ2v) is 10.7. The normalized spacial score (nSPS) is 26.1. The molecule has 1 amide bonds. The van der Waals surface area contributed by atoms with Gasteiger partial charge >= 0.3 is 6.09 Å². The van der Waals surface area contributed by atoms with Crippen LogP contribution < -0.4 is 19.5 Å². The average molecular weight is 481 g/mol. The van der Waals surface area contributed by atoms with Crippen LogP contribution in [0.4, 0.5) is 4.79 Å². The number of methoxy groups -OCH3 is 3. The summed E-state index contributed by atoms with van der Waals surface area (Å²) in [6.45, 7) is 7.47. The van der Waals surface area contributed by atoms with Crippen molar-refractivity contribution in [2.75, 3.05) is 41.0 Å². The number of amides is 1. The van der Waals surface area contributed by atoms with E-state index in [1.165, 1.54) is 5.56 Å². The van der Waals surface area contributed by atoms with E-state index >= 15 is 0 Å². The molecule has 3 heterocycles. The lowest BCUT2D eigenvalue weighted by atomic mass is 9.85. The number of ether oxygens (including phenoxy) is 4. The smallest absolute Gasteiger partial charge is 0.407 e. The lowest BCUT2D eigenvalue weighted by Crippen LogP contribution is -2.53. The first-order chi connectivity index (χ1) is 16.8. The highest BCUT2D eigenvalue weighted by Crippen LogP contribution is 2.49. The minimum Gasteiger partial charge on any atom is -0.497 e. The highest BCUT2D eigenvalue weighted by Gasteiger charge is 2.42. The monoisotopic (exact) mass is 480 g/mol. The highest BCUT2D eigenvalue weighted by molar-refractivity contribution is 5.76. The fourth-order valence-corrected chi connectivity index (χ4v) is 6.04. The number of fused-ring (bicyclic) bond motifs is 4. The van der Waals surface area contributed by atoms with Gasteiger partial charge in [-0.15, -0.1) is 0 Å². The molecular weight excluding hydrogens is 444 g/mol. The number of nitrogens with zero attached hydrogens (tertiary/aromatic N) is 1. The molecule has 0 saturated carbocycles. The molecule has 7 nitrogen and oxygen atoms in total. The Morgan fingerprint density at radius 3 is 2.23 bits per heavy atom. The number of rotatable bonds is 6. The van der Waals surface area contributed by atoms with Gasteiger partial charge in [0.15, 0.2) is 0 Å². The maximum atomic E-state index is 13.0. The van der Waals surface area contributed by atoms with Crippen molar-refractivity contribution >= 4 is 6.09 Å². The molecule has 2 aromatic carbocycles. The fraction of sp³-hybridized carbons (Fsp3) is 0.536. The molecule has 1 aliphatic carbocycles. The average Bonchev–Trinajstić information content (AvgIpc) is 3.11. The molecule has 2 atom stereocenters. The summed E-state index contributed by atoms with van der Waals surface area (Å²) in [5.74, 6) is 2.67. The molecule has 0 radical (unpaired) electrons. The Morgan fingerprint density at radius 1 is 0.971 bits per heavy atom. The minimum atomic E-state index is -0.324. The Morgan fingerprint density at radius 2 is 1.66 bits per heavy atom. The standard InChI is InChI=1S/C28H36N2O5/c1-28(2)15-19-12-22(18-10-20(32-3)13-21(11-18)33-4)24(34-5)14-23(19)26(28)29-27(31)35-25-16-30-8-6-17(25)7-9-30/h10-14,17,25-26H,6-9,15-16H2,1-5H3,(H,29,31)/t25-,26?/m1/s1. The van der Waals surface area contributed by atoms with Crippen molar-refractivity contribution in [3.8, 4) is 28.4 Å².